The van der Waals surface area contributed by atoms with Crippen molar-refractivity contribution < 1.29 is 14.7 Å². The summed E-state index contributed by atoms with van der Waals surface area (Å²) >= 11 is 1.54. The van der Waals surface area contributed by atoms with E-state index in [4.69, 9.17) is 0 Å². The highest BCUT2D eigenvalue weighted by Crippen LogP contribution is 2.39. The molecule has 3 rings (SSSR count). The van der Waals surface area contributed by atoms with Crippen LogP contribution in [-0.4, -0.2) is 32.7 Å². The second kappa shape index (κ2) is 5.00. The molecule has 1 atom stereocenters. The zero-order valence-corrected chi connectivity index (χ0v) is 12.2. The Morgan fingerprint density at radius 1 is 1.52 bits per heavy atom. The number of carboxylic acid groups (broad SMARTS) is 1. The smallest absolute Gasteiger partial charge is 0.329 e. The van der Waals surface area contributed by atoms with E-state index in [0.29, 0.717) is 0 Å². The van der Waals surface area contributed by atoms with Crippen molar-refractivity contribution in [2.24, 2.45) is 5.92 Å². The predicted molar refractivity (Wildman–Crippen MR) is 78.1 cm³/mol. The maximum atomic E-state index is 12.2. The highest BCUT2D eigenvalue weighted by atomic mass is 32.1. The first-order valence-corrected chi connectivity index (χ1v) is 7.54. The molecule has 0 bridgehead atoms. The van der Waals surface area contributed by atoms with E-state index in [1.807, 2.05) is 17.5 Å². The standard InChI is InChI=1S/C14H15N3O3S/c1-14(13(19)20,8-4-5-8)15-12(18)10-7-9(16-17-10)11-3-2-6-21-11/h2-3,6-8H,4-5H2,1H3,(H,15,18)(H,16,17)(H,19,20)/t14-/m0/s1. The van der Waals surface area contributed by atoms with Gasteiger partial charge in [0.15, 0.2) is 5.69 Å². The summed E-state index contributed by atoms with van der Waals surface area (Å²) in [7, 11) is 0. The van der Waals surface area contributed by atoms with Crippen LogP contribution >= 0.6 is 11.3 Å². The van der Waals surface area contributed by atoms with Gasteiger partial charge in [0.25, 0.3) is 5.91 Å². The third-order valence-electron chi connectivity index (χ3n) is 3.81. The third-order valence-corrected chi connectivity index (χ3v) is 4.71. The fourth-order valence-corrected chi connectivity index (χ4v) is 2.98. The summed E-state index contributed by atoms with van der Waals surface area (Å²) < 4.78 is 0. The number of thiophene rings is 1. The van der Waals surface area contributed by atoms with Crippen LogP contribution in [0.5, 0.6) is 0 Å². The molecule has 0 radical (unpaired) electrons. The minimum atomic E-state index is -1.22. The molecule has 110 valence electrons. The van der Waals surface area contributed by atoms with Gasteiger partial charge in [-0.05, 0) is 43.2 Å². The summed E-state index contributed by atoms with van der Waals surface area (Å²) in [6.45, 7) is 1.55. The van der Waals surface area contributed by atoms with Crippen molar-refractivity contribution in [2.75, 3.05) is 0 Å². The number of rotatable bonds is 5. The molecule has 3 N–H and O–H groups in total. The van der Waals surface area contributed by atoms with Crippen molar-refractivity contribution in [3.63, 3.8) is 0 Å². The van der Waals surface area contributed by atoms with E-state index in [1.54, 1.807) is 13.0 Å². The molecule has 0 unspecified atom stereocenters. The second-order valence-corrected chi connectivity index (χ2v) is 6.33. The monoisotopic (exact) mass is 305 g/mol. The molecule has 21 heavy (non-hydrogen) atoms. The highest BCUT2D eigenvalue weighted by molar-refractivity contribution is 7.13. The first-order valence-electron chi connectivity index (χ1n) is 6.66. The number of amides is 1. The summed E-state index contributed by atoms with van der Waals surface area (Å²) in [4.78, 5) is 24.6. The van der Waals surface area contributed by atoms with E-state index < -0.39 is 17.4 Å². The largest absolute Gasteiger partial charge is 0.480 e. The zero-order valence-electron chi connectivity index (χ0n) is 11.4. The molecule has 0 saturated heterocycles. The Labute approximate surface area is 125 Å². The van der Waals surface area contributed by atoms with Crippen LogP contribution in [0.2, 0.25) is 0 Å². The van der Waals surface area contributed by atoms with E-state index in [-0.39, 0.29) is 11.6 Å². The Morgan fingerprint density at radius 3 is 2.86 bits per heavy atom. The van der Waals surface area contributed by atoms with Crippen LogP contribution in [0.15, 0.2) is 23.6 Å². The average Bonchev–Trinajstić information content (AvgIpc) is 2.97. The molecule has 1 aliphatic rings. The second-order valence-electron chi connectivity index (χ2n) is 5.38. The topological polar surface area (TPSA) is 95.1 Å². The molecular formula is C14H15N3O3S. The number of carbonyl (C=O) groups excluding carboxylic acids is 1. The van der Waals surface area contributed by atoms with Gasteiger partial charge < -0.3 is 10.4 Å². The number of aliphatic carboxylic acids is 1. The van der Waals surface area contributed by atoms with Gasteiger partial charge >= 0.3 is 5.97 Å². The molecule has 0 spiro atoms. The number of hydrogen-bond acceptors (Lipinski definition) is 4. The first kappa shape index (κ1) is 13.8. The molecule has 6 nitrogen and oxygen atoms in total. The highest BCUT2D eigenvalue weighted by Gasteiger charge is 2.48. The Morgan fingerprint density at radius 2 is 2.29 bits per heavy atom. The van der Waals surface area contributed by atoms with E-state index >= 15 is 0 Å². The lowest BCUT2D eigenvalue weighted by Gasteiger charge is -2.25. The summed E-state index contributed by atoms with van der Waals surface area (Å²) in [5, 5.41) is 20.7. The van der Waals surface area contributed by atoms with Gasteiger partial charge in [0, 0.05) is 0 Å². The fourth-order valence-electron chi connectivity index (χ4n) is 2.29. The van der Waals surface area contributed by atoms with Gasteiger partial charge in [0.05, 0.1) is 10.6 Å². The lowest BCUT2D eigenvalue weighted by Crippen LogP contribution is -2.54. The van der Waals surface area contributed by atoms with Crippen LogP contribution in [0.4, 0.5) is 0 Å². The van der Waals surface area contributed by atoms with Gasteiger partial charge in [-0.2, -0.15) is 5.10 Å². The van der Waals surface area contributed by atoms with Crippen molar-refractivity contribution in [3.05, 3.63) is 29.3 Å². The van der Waals surface area contributed by atoms with Gasteiger partial charge in [-0.15, -0.1) is 11.3 Å². The summed E-state index contributed by atoms with van der Waals surface area (Å²) in [6, 6.07) is 5.47. The van der Waals surface area contributed by atoms with Crippen molar-refractivity contribution in [3.8, 4) is 10.6 Å². The van der Waals surface area contributed by atoms with Gasteiger partial charge in [-0.25, -0.2) is 4.79 Å². The van der Waals surface area contributed by atoms with Crippen LogP contribution in [0.3, 0.4) is 0 Å². The Balaban J connectivity index is 1.78. The molecule has 1 aliphatic carbocycles. The SMILES string of the molecule is C[C@@](NC(=O)c1cc(-c2cccs2)[nH]n1)(C(=O)O)C1CC1. The van der Waals surface area contributed by atoms with Gasteiger partial charge in [0.2, 0.25) is 0 Å². The number of nitrogens with zero attached hydrogens (tertiary/aromatic N) is 1. The molecule has 1 fully saturated rings. The minimum Gasteiger partial charge on any atom is -0.480 e. The van der Waals surface area contributed by atoms with E-state index in [9.17, 15) is 14.7 Å². The quantitative estimate of drug-likeness (QED) is 0.788. The number of nitrogens with one attached hydrogen (secondary N) is 2. The summed E-state index contributed by atoms with van der Waals surface area (Å²) in [5.41, 5.74) is -0.274. The van der Waals surface area contributed by atoms with Crippen molar-refractivity contribution in [1.29, 1.82) is 0 Å². The molecule has 1 amide bonds. The number of hydrogen-bond donors (Lipinski definition) is 3. The summed E-state index contributed by atoms with van der Waals surface area (Å²) in [6.07, 6.45) is 1.65. The summed E-state index contributed by atoms with van der Waals surface area (Å²) in [5.74, 6) is -1.48. The molecule has 7 heteroatoms. The van der Waals surface area contributed by atoms with Gasteiger partial charge in [-0.3, -0.25) is 9.89 Å². The van der Waals surface area contributed by atoms with E-state index in [2.05, 4.69) is 15.5 Å². The zero-order chi connectivity index (χ0) is 15.0. The van der Waals surface area contributed by atoms with Gasteiger partial charge in [-0.1, -0.05) is 6.07 Å². The van der Waals surface area contributed by atoms with Crippen LogP contribution in [0.25, 0.3) is 10.6 Å². The van der Waals surface area contributed by atoms with Crippen molar-refractivity contribution in [2.45, 2.75) is 25.3 Å². The van der Waals surface area contributed by atoms with Gasteiger partial charge in [0.1, 0.15) is 5.54 Å². The number of aromatic amines is 1. The number of aromatic nitrogens is 2. The molecule has 0 aromatic carbocycles. The molecule has 1 saturated carbocycles. The normalized spacial score (nSPS) is 17.2. The molecule has 0 aliphatic heterocycles. The van der Waals surface area contributed by atoms with Crippen LogP contribution in [-0.2, 0) is 4.79 Å². The minimum absolute atomic E-state index is 0.00495. The van der Waals surface area contributed by atoms with Crippen molar-refractivity contribution >= 4 is 23.2 Å². The Bertz CT molecular complexity index is 675. The number of carboxylic acids is 1. The maximum absolute atomic E-state index is 12.2. The molecular weight excluding hydrogens is 290 g/mol. The number of carbonyl (C=O) groups is 2. The number of H-pyrrole nitrogens is 1. The van der Waals surface area contributed by atoms with E-state index in [0.717, 1.165) is 23.4 Å². The van der Waals surface area contributed by atoms with E-state index in [1.165, 1.54) is 11.3 Å². The van der Waals surface area contributed by atoms with Crippen LogP contribution < -0.4 is 5.32 Å². The Kier molecular flexibility index (Phi) is 3.29. The first-order chi connectivity index (χ1) is 10.0. The maximum Gasteiger partial charge on any atom is 0.329 e. The van der Waals surface area contributed by atoms with Crippen molar-refractivity contribution in [1.82, 2.24) is 15.5 Å². The molecule has 2 heterocycles. The third kappa shape index (κ3) is 2.56. The molecule has 2 aromatic heterocycles. The predicted octanol–water partition coefficient (Wildman–Crippen LogP) is 2.12. The lowest BCUT2D eigenvalue weighted by atomic mass is 9.96. The molecule has 2 aromatic rings. The van der Waals surface area contributed by atoms with Crippen LogP contribution in [0.1, 0.15) is 30.3 Å². The van der Waals surface area contributed by atoms with Crippen LogP contribution in [0, 0.1) is 5.92 Å². The Hall–Kier alpha value is -2.15. The lowest BCUT2D eigenvalue weighted by molar-refractivity contribution is -0.144. The fraction of sp³-hybridized carbons (Fsp3) is 0.357. The average molecular weight is 305 g/mol.